The van der Waals surface area contributed by atoms with Crippen molar-refractivity contribution in [1.82, 2.24) is 0 Å². The second kappa shape index (κ2) is 8.33. The van der Waals surface area contributed by atoms with Crippen molar-refractivity contribution < 1.29 is 14.0 Å². The SMILES string of the molecule is Cc1cccc(NC(=O)C2CCC(C(=O)Nc3ccccc3F)CC2)c1C. The molecular weight excluding hydrogens is 343 g/mol. The van der Waals surface area contributed by atoms with Gasteiger partial charge >= 0.3 is 0 Å². The standard InChI is InChI=1S/C22H25FN2O2/c1-14-6-5-9-19(15(14)2)24-21(26)16-10-12-17(13-11-16)22(27)25-20-8-4-3-7-18(20)23/h3-9,16-17H,10-13H2,1-2H3,(H,24,26)(H,25,27). The number of aryl methyl sites for hydroxylation is 1. The molecule has 5 heteroatoms. The van der Waals surface area contributed by atoms with E-state index in [1.807, 2.05) is 32.0 Å². The quantitative estimate of drug-likeness (QED) is 0.812. The monoisotopic (exact) mass is 368 g/mol. The van der Waals surface area contributed by atoms with Gasteiger partial charge in [0.1, 0.15) is 5.82 Å². The topological polar surface area (TPSA) is 58.2 Å². The third kappa shape index (κ3) is 4.54. The lowest BCUT2D eigenvalue weighted by Gasteiger charge is -2.27. The number of hydrogen-bond acceptors (Lipinski definition) is 2. The average Bonchev–Trinajstić information content (AvgIpc) is 2.67. The smallest absolute Gasteiger partial charge is 0.227 e. The van der Waals surface area contributed by atoms with Crippen molar-refractivity contribution in [1.29, 1.82) is 0 Å². The molecule has 27 heavy (non-hydrogen) atoms. The van der Waals surface area contributed by atoms with Crippen LogP contribution >= 0.6 is 0 Å². The minimum atomic E-state index is -0.438. The Morgan fingerprint density at radius 2 is 1.33 bits per heavy atom. The van der Waals surface area contributed by atoms with E-state index in [2.05, 4.69) is 10.6 Å². The number of carbonyl (C=O) groups is 2. The van der Waals surface area contributed by atoms with Gasteiger partial charge in [0.05, 0.1) is 5.69 Å². The molecule has 0 unspecified atom stereocenters. The highest BCUT2D eigenvalue weighted by Gasteiger charge is 2.30. The Kier molecular flexibility index (Phi) is 5.89. The fraction of sp³-hybridized carbons (Fsp3) is 0.364. The highest BCUT2D eigenvalue weighted by atomic mass is 19.1. The molecule has 0 spiro atoms. The van der Waals surface area contributed by atoms with Crippen LogP contribution in [0.3, 0.4) is 0 Å². The van der Waals surface area contributed by atoms with Crippen molar-refractivity contribution in [2.75, 3.05) is 10.6 Å². The molecule has 0 aliphatic heterocycles. The Balaban J connectivity index is 1.54. The van der Waals surface area contributed by atoms with E-state index in [0.717, 1.165) is 16.8 Å². The summed E-state index contributed by atoms with van der Waals surface area (Å²) < 4.78 is 13.7. The van der Waals surface area contributed by atoms with Gasteiger partial charge in [0, 0.05) is 17.5 Å². The van der Waals surface area contributed by atoms with Crippen LogP contribution in [0.1, 0.15) is 36.8 Å². The summed E-state index contributed by atoms with van der Waals surface area (Å²) in [5.74, 6) is -0.880. The van der Waals surface area contributed by atoms with E-state index in [1.54, 1.807) is 18.2 Å². The van der Waals surface area contributed by atoms with E-state index < -0.39 is 5.82 Å². The molecule has 0 aromatic heterocycles. The van der Waals surface area contributed by atoms with E-state index in [0.29, 0.717) is 25.7 Å². The molecule has 142 valence electrons. The summed E-state index contributed by atoms with van der Waals surface area (Å²) >= 11 is 0. The van der Waals surface area contributed by atoms with Gasteiger partial charge in [-0.05, 0) is 68.9 Å². The maximum atomic E-state index is 13.7. The van der Waals surface area contributed by atoms with Crippen LogP contribution < -0.4 is 10.6 Å². The van der Waals surface area contributed by atoms with Gasteiger partial charge in [0.15, 0.2) is 0 Å². The van der Waals surface area contributed by atoms with Crippen molar-refractivity contribution in [3.63, 3.8) is 0 Å². The minimum Gasteiger partial charge on any atom is -0.326 e. The first-order valence-electron chi connectivity index (χ1n) is 9.38. The van der Waals surface area contributed by atoms with Crippen molar-refractivity contribution in [3.05, 3.63) is 59.4 Å². The van der Waals surface area contributed by atoms with E-state index in [4.69, 9.17) is 0 Å². The number of hydrogen-bond donors (Lipinski definition) is 2. The normalized spacial score (nSPS) is 19.4. The molecule has 0 saturated heterocycles. The first-order valence-corrected chi connectivity index (χ1v) is 9.38. The Morgan fingerprint density at radius 1 is 0.815 bits per heavy atom. The zero-order chi connectivity index (χ0) is 19.4. The molecule has 0 heterocycles. The molecule has 1 fully saturated rings. The van der Waals surface area contributed by atoms with E-state index in [9.17, 15) is 14.0 Å². The van der Waals surface area contributed by atoms with Crippen LogP contribution in [0.2, 0.25) is 0 Å². The third-order valence-electron chi connectivity index (χ3n) is 5.46. The zero-order valence-corrected chi connectivity index (χ0v) is 15.7. The molecule has 1 saturated carbocycles. The van der Waals surface area contributed by atoms with Crippen LogP contribution in [-0.2, 0) is 9.59 Å². The summed E-state index contributed by atoms with van der Waals surface area (Å²) in [4.78, 5) is 25.0. The van der Waals surface area contributed by atoms with Crippen LogP contribution in [0, 0.1) is 31.5 Å². The predicted octanol–water partition coefficient (Wildman–Crippen LogP) is 4.83. The molecule has 0 atom stereocenters. The second-order valence-electron chi connectivity index (χ2n) is 7.25. The largest absolute Gasteiger partial charge is 0.326 e. The summed E-state index contributed by atoms with van der Waals surface area (Å²) in [6.45, 7) is 4.01. The van der Waals surface area contributed by atoms with E-state index >= 15 is 0 Å². The number of anilines is 2. The lowest BCUT2D eigenvalue weighted by Crippen LogP contribution is -2.32. The lowest BCUT2D eigenvalue weighted by molar-refractivity contribution is -0.125. The van der Waals surface area contributed by atoms with Gasteiger partial charge in [0.25, 0.3) is 0 Å². The van der Waals surface area contributed by atoms with Gasteiger partial charge in [-0.2, -0.15) is 0 Å². The highest BCUT2D eigenvalue weighted by Crippen LogP contribution is 2.31. The van der Waals surface area contributed by atoms with Crippen LogP contribution in [0.25, 0.3) is 0 Å². The average molecular weight is 368 g/mol. The predicted molar refractivity (Wildman–Crippen MR) is 105 cm³/mol. The van der Waals surface area contributed by atoms with Crippen molar-refractivity contribution in [2.24, 2.45) is 11.8 Å². The maximum absolute atomic E-state index is 13.7. The van der Waals surface area contributed by atoms with Gasteiger partial charge < -0.3 is 10.6 Å². The van der Waals surface area contributed by atoms with Gasteiger partial charge in [-0.15, -0.1) is 0 Å². The van der Waals surface area contributed by atoms with E-state index in [-0.39, 0.29) is 29.3 Å². The molecule has 2 N–H and O–H groups in total. The number of carbonyl (C=O) groups excluding carboxylic acids is 2. The molecular formula is C22H25FN2O2. The summed E-state index contributed by atoms with van der Waals surface area (Å²) in [5, 5.41) is 5.69. The maximum Gasteiger partial charge on any atom is 0.227 e. The molecule has 2 aromatic rings. The summed E-state index contributed by atoms with van der Waals surface area (Å²) in [5.41, 5.74) is 3.27. The highest BCUT2D eigenvalue weighted by molar-refractivity contribution is 5.95. The van der Waals surface area contributed by atoms with Crippen molar-refractivity contribution in [3.8, 4) is 0 Å². The molecule has 0 bridgehead atoms. The first kappa shape index (κ1) is 19.1. The fourth-order valence-electron chi connectivity index (χ4n) is 3.54. The van der Waals surface area contributed by atoms with Crippen LogP contribution in [0.4, 0.5) is 15.8 Å². The van der Waals surface area contributed by atoms with Gasteiger partial charge in [-0.3, -0.25) is 9.59 Å². The second-order valence-corrected chi connectivity index (χ2v) is 7.25. The molecule has 1 aliphatic rings. The Morgan fingerprint density at radius 3 is 1.93 bits per heavy atom. The molecule has 2 aromatic carbocycles. The molecule has 4 nitrogen and oxygen atoms in total. The van der Waals surface area contributed by atoms with Crippen LogP contribution in [0.15, 0.2) is 42.5 Å². The Hall–Kier alpha value is -2.69. The van der Waals surface area contributed by atoms with Gasteiger partial charge in [0.2, 0.25) is 11.8 Å². The number of nitrogens with one attached hydrogen (secondary N) is 2. The summed E-state index contributed by atoms with van der Waals surface area (Å²) in [6, 6.07) is 12.0. The number of amides is 2. The minimum absolute atomic E-state index is 0.0108. The molecule has 3 rings (SSSR count). The number of para-hydroxylation sites is 1. The van der Waals surface area contributed by atoms with Crippen LogP contribution in [-0.4, -0.2) is 11.8 Å². The first-order chi connectivity index (χ1) is 13.0. The number of halogens is 1. The van der Waals surface area contributed by atoms with Gasteiger partial charge in [-0.25, -0.2) is 4.39 Å². The van der Waals surface area contributed by atoms with E-state index in [1.165, 1.54) is 6.07 Å². The zero-order valence-electron chi connectivity index (χ0n) is 15.7. The Bertz CT molecular complexity index is 842. The lowest BCUT2D eigenvalue weighted by atomic mass is 9.81. The van der Waals surface area contributed by atoms with Crippen molar-refractivity contribution >= 4 is 23.2 Å². The Labute approximate surface area is 159 Å². The third-order valence-corrected chi connectivity index (χ3v) is 5.46. The summed E-state index contributed by atoms with van der Waals surface area (Å²) in [7, 11) is 0. The fourth-order valence-corrected chi connectivity index (χ4v) is 3.54. The summed E-state index contributed by atoms with van der Waals surface area (Å²) in [6.07, 6.45) is 2.58. The molecule has 1 aliphatic carbocycles. The van der Waals surface area contributed by atoms with Crippen LogP contribution in [0.5, 0.6) is 0 Å². The van der Waals surface area contributed by atoms with Crippen molar-refractivity contribution in [2.45, 2.75) is 39.5 Å². The number of benzene rings is 2. The van der Waals surface area contributed by atoms with Gasteiger partial charge in [-0.1, -0.05) is 24.3 Å². The molecule has 0 radical (unpaired) electrons. The number of rotatable bonds is 4. The molecule has 2 amide bonds.